The van der Waals surface area contributed by atoms with Crippen molar-refractivity contribution in [1.29, 1.82) is 0 Å². The van der Waals surface area contributed by atoms with Gasteiger partial charge < -0.3 is 10.6 Å². The first-order valence-corrected chi connectivity index (χ1v) is 5.07. The van der Waals surface area contributed by atoms with Crippen molar-refractivity contribution in [1.82, 2.24) is 4.90 Å². The summed E-state index contributed by atoms with van der Waals surface area (Å²) in [5.74, 6) is 1.71. The van der Waals surface area contributed by atoms with Crippen molar-refractivity contribution in [3.05, 3.63) is 0 Å². The van der Waals surface area contributed by atoms with Crippen LogP contribution in [0.4, 0.5) is 0 Å². The van der Waals surface area contributed by atoms with E-state index in [0.717, 1.165) is 18.4 Å². The summed E-state index contributed by atoms with van der Waals surface area (Å²) in [6, 6.07) is 0. The van der Waals surface area contributed by atoms with Gasteiger partial charge >= 0.3 is 0 Å². The second kappa shape index (κ2) is 4.83. The molecule has 1 rings (SSSR count). The smallest absolute Gasteiger partial charge is 0.000367 e. The van der Waals surface area contributed by atoms with E-state index in [4.69, 9.17) is 5.73 Å². The monoisotopic (exact) mass is 170 g/mol. The molecule has 12 heavy (non-hydrogen) atoms. The molecule has 0 spiro atoms. The Morgan fingerprint density at radius 3 is 2.50 bits per heavy atom. The maximum Gasteiger partial charge on any atom is 0.000367 e. The number of nitrogens with zero attached hydrogens (tertiary/aromatic N) is 1. The molecule has 2 unspecified atom stereocenters. The van der Waals surface area contributed by atoms with Crippen LogP contribution < -0.4 is 5.73 Å². The average Bonchev–Trinajstić information content (AvgIpc) is 2.03. The first-order valence-electron chi connectivity index (χ1n) is 5.07. The molecule has 0 saturated heterocycles. The summed E-state index contributed by atoms with van der Waals surface area (Å²) in [5, 5.41) is 0. The van der Waals surface area contributed by atoms with E-state index in [2.05, 4.69) is 19.0 Å². The lowest BCUT2D eigenvalue weighted by atomic mass is 9.81. The molecule has 2 N–H and O–H groups in total. The zero-order valence-corrected chi connectivity index (χ0v) is 8.42. The molecule has 0 aliphatic heterocycles. The van der Waals surface area contributed by atoms with E-state index in [-0.39, 0.29) is 0 Å². The number of nitrogens with two attached hydrogens (primary N) is 1. The quantitative estimate of drug-likeness (QED) is 0.692. The molecule has 2 nitrogen and oxygen atoms in total. The molecule has 1 saturated carbocycles. The van der Waals surface area contributed by atoms with Crippen molar-refractivity contribution in [3.8, 4) is 0 Å². The summed E-state index contributed by atoms with van der Waals surface area (Å²) in [5.41, 5.74) is 5.68. The molecule has 2 atom stereocenters. The van der Waals surface area contributed by atoms with Crippen LogP contribution in [0.25, 0.3) is 0 Å². The van der Waals surface area contributed by atoms with Crippen LogP contribution in [-0.4, -0.2) is 32.1 Å². The van der Waals surface area contributed by atoms with Gasteiger partial charge in [0.2, 0.25) is 0 Å². The summed E-state index contributed by atoms with van der Waals surface area (Å²) in [4.78, 5) is 2.30. The fourth-order valence-electron chi connectivity index (χ4n) is 2.30. The molecule has 1 aliphatic rings. The average molecular weight is 170 g/mol. The van der Waals surface area contributed by atoms with Crippen molar-refractivity contribution in [3.63, 3.8) is 0 Å². The van der Waals surface area contributed by atoms with Crippen molar-refractivity contribution >= 4 is 0 Å². The van der Waals surface area contributed by atoms with Gasteiger partial charge in [-0.15, -0.1) is 0 Å². The van der Waals surface area contributed by atoms with E-state index in [1.807, 2.05) is 0 Å². The number of hydrogen-bond donors (Lipinski definition) is 1. The summed E-state index contributed by atoms with van der Waals surface area (Å²) in [6.07, 6.45) is 5.52. The van der Waals surface area contributed by atoms with Crippen molar-refractivity contribution in [2.75, 3.05) is 27.2 Å². The highest BCUT2D eigenvalue weighted by Crippen LogP contribution is 2.28. The van der Waals surface area contributed by atoms with E-state index in [9.17, 15) is 0 Å². The lowest BCUT2D eigenvalue weighted by Crippen LogP contribution is -2.29. The Morgan fingerprint density at radius 1 is 1.25 bits per heavy atom. The number of rotatable bonds is 3. The van der Waals surface area contributed by atoms with Crippen LogP contribution in [0.1, 0.15) is 25.7 Å². The second-order valence-electron chi connectivity index (χ2n) is 4.40. The summed E-state index contributed by atoms with van der Waals surface area (Å²) in [6.45, 7) is 2.14. The molecule has 0 bridgehead atoms. The summed E-state index contributed by atoms with van der Waals surface area (Å²) >= 11 is 0. The Bertz CT molecular complexity index is 123. The molecule has 72 valence electrons. The highest BCUT2D eigenvalue weighted by molar-refractivity contribution is 4.74. The van der Waals surface area contributed by atoms with Crippen LogP contribution >= 0.6 is 0 Å². The van der Waals surface area contributed by atoms with E-state index in [1.54, 1.807) is 0 Å². The SMILES string of the molecule is CN(C)CC1CCCC(CN)C1. The van der Waals surface area contributed by atoms with E-state index < -0.39 is 0 Å². The van der Waals surface area contributed by atoms with Gasteiger partial charge in [0.05, 0.1) is 0 Å². The Hall–Kier alpha value is -0.0800. The first-order chi connectivity index (χ1) is 5.72. The predicted molar refractivity (Wildman–Crippen MR) is 53.1 cm³/mol. The van der Waals surface area contributed by atoms with Gasteiger partial charge in [-0.1, -0.05) is 6.42 Å². The Balaban J connectivity index is 2.25. The van der Waals surface area contributed by atoms with Crippen molar-refractivity contribution in [2.24, 2.45) is 17.6 Å². The van der Waals surface area contributed by atoms with Crippen LogP contribution in [-0.2, 0) is 0 Å². The molecule has 1 aliphatic carbocycles. The normalized spacial score (nSPS) is 31.0. The summed E-state index contributed by atoms with van der Waals surface area (Å²) < 4.78 is 0. The van der Waals surface area contributed by atoms with Crippen LogP contribution in [0.2, 0.25) is 0 Å². The van der Waals surface area contributed by atoms with Gasteiger partial charge in [-0.3, -0.25) is 0 Å². The fraction of sp³-hybridized carbons (Fsp3) is 1.00. The summed E-state index contributed by atoms with van der Waals surface area (Å²) in [7, 11) is 4.32. The highest BCUT2D eigenvalue weighted by atomic mass is 15.1. The third-order valence-corrected chi connectivity index (χ3v) is 2.85. The van der Waals surface area contributed by atoms with Crippen LogP contribution in [0, 0.1) is 11.8 Å². The third kappa shape index (κ3) is 3.11. The minimum Gasteiger partial charge on any atom is -0.330 e. The topological polar surface area (TPSA) is 29.3 Å². The maximum atomic E-state index is 5.68. The minimum absolute atomic E-state index is 0.809. The molecule has 0 amide bonds. The Morgan fingerprint density at radius 2 is 1.92 bits per heavy atom. The van der Waals surface area contributed by atoms with Gasteiger partial charge in [0.25, 0.3) is 0 Å². The van der Waals surface area contributed by atoms with Crippen LogP contribution in [0.5, 0.6) is 0 Å². The molecule has 1 fully saturated rings. The van der Waals surface area contributed by atoms with E-state index in [1.165, 1.54) is 32.2 Å². The molecular weight excluding hydrogens is 148 g/mol. The van der Waals surface area contributed by atoms with Gasteiger partial charge in [0, 0.05) is 6.54 Å². The first kappa shape index (κ1) is 10.0. The minimum atomic E-state index is 0.809. The lowest BCUT2D eigenvalue weighted by molar-refractivity contribution is 0.218. The van der Waals surface area contributed by atoms with Gasteiger partial charge in [0.1, 0.15) is 0 Å². The van der Waals surface area contributed by atoms with Gasteiger partial charge in [-0.2, -0.15) is 0 Å². The van der Waals surface area contributed by atoms with E-state index >= 15 is 0 Å². The molecule has 0 aromatic carbocycles. The second-order valence-corrected chi connectivity index (χ2v) is 4.40. The maximum absolute atomic E-state index is 5.68. The Kier molecular flexibility index (Phi) is 4.02. The van der Waals surface area contributed by atoms with Crippen molar-refractivity contribution < 1.29 is 0 Å². The third-order valence-electron chi connectivity index (χ3n) is 2.85. The van der Waals surface area contributed by atoms with Gasteiger partial charge in [-0.25, -0.2) is 0 Å². The van der Waals surface area contributed by atoms with Gasteiger partial charge in [0.15, 0.2) is 0 Å². The molecular formula is C10H22N2. The molecule has 0 heterocycles. The van der Waals surface area contributed by atoms with Gasteiger partial charge in [-0.05, 0) is 51.7 Å². The zero-order chi connectivity index (χ0) is 8.97. The van der Waals surface area contributed by atoms with Crippen molar-refractivity contribution in [2.45, 2.75) is 25.7 Å². The molecule has 0 radical (unpaired) electrons. The molecule has 2 heteroatoms. The highest BCUT2D eigenvalue weighted by Gasteiger charge is 2.20. The van der Waals surface area contributed by atoms with E-state index in [0.29, 0.717) is 0 Å². The molecule has 0 aromatic rings. The predicted octanol–water partition coefficient (Wildman–Crippen LogP) is 1.31. The van der Waals surface area contributed by atoms with Crippen LogP contribution in [0.15, 0.2) is 0 Å². The standard InChI is InChI=1S/C10H22N2/c1-12(2)8-10-5-3-4-9(6-10)7-11/h9-10H,3-8,11H2,1-2H3. The largest absolute Gasteiger partial charge is 0.330 e. The lowest BCUT2D eigenvalue weighted by Gasteiger charge is -2.30. The Labute approximate surface area is 76.1 Å². The zero-order valence-electron chi connectivity index (χ0n) is 8.42. The number of hydrogen-bond acceptors (Lipinski definition) is 2. The molecule has 0 aromatic heterocycles. The fourth-order valence-corrected chi connectivity index (χ4v) is 2.30. The van der Waals surface area contributed by atoms with Crippen LogP contribution in [0.3, 0.4) is 0 Å².